The Kier molecular flexibility index (Phi) is 70.6. The Labute approximate surface area is 600 Å². The van der Waals surface area contributed by atoms with Gasteiger partial charge in [0.25, 0.3) is 0 Å². The van der Waals surface area contributed by atoms with Crippen LogP contribution in [-0.2, 0) is 65.4 Å². The molecule has 19 heteroatoms. The summed E-state index contributed by atoms with van der Waals surface area (Å²) in [5.41, 5.74) is 0. The molecule has 17 nitrogen and oxygen atoms in total. The fraction of sp³-hybridized carbons (Fsp3) is 0.949. The van der Waals surface area contributed by atoms with Gasteiger partial charge in [-0.1, -0.05) is 369 Å². The number of unbranched alkanes of at least 4 members (excludes halogenated alkanes) is 51. The van der Waals surface area contributed by atoms with E-state index < -0.39 is 97.5 Å². The van der Waals surface area contributed by atoms with Gasteiger partial charge in [0.1, 0.15) is 19.3 Å². The van der Waals surface area contributed by atoms with Crippen molar-refractivity contribution in [1.29, 1.82) is 0 Å². The van der Waals surface area contributed by atoms with Crippen molar-refractivity contribution in [3.05, 3.63) is 0 Å². The van der Waals surface area contributed by atoms with Crippen LogP contribution in [0.4, 0.5) is 0 Å². The highest BCUT2D eigenvalue weighted by molar-refractivity contribution is 7.47. The van der Waals surface area contributed by atoms with E-state index in [4.69, 9.17) is 37.0 Å². The quantitative estimate of drug-likeness (QED) is 0.0222. The monoisotopic (exact) mass is 1440 g/mol. The summed E-state index contributed by atoms with van der Waals surface area (Å²) in [6.45, 7) is 7.24. The first-order valence-corrected chi connectivity index (χ1v) is 44.1. The summed E-state index contributed by atoms with van der Waals surface area (Å²) in [6, 6.07) is 0. The first-order chi connectivity index (χ1) is 47.5. The minimum absolute atomic E-state index is 0.107. The number of ether oxygens (including phenoxy) is 4. The van der Waals surface area contributed by atoms with Crippen LogP contribution in [0.1, 0.15) is 420 Å². The van der Waals surface area contributed by atoms with Crippen LogP contribution in [0.25, 0.3) is 0 Å². The molecule has 582 valence electrons. The second-order valence-electron chi connectivity index (χ2n) is 28.9. The molecule has 0 heterocycles. The summed E-state index contributed by atoms with van der Waals surface area (Å²) >= 11 is 0. The predicted octanol–water partition coefficient (Wildman–Crippen LogP) is 23.6. The molecular formula is C79H154O17P2. The number of esters is 4. The Bertz CT molecular complexity index is 1870. The second kappa shape index (κ2) is 72.0. The predicted molar refractivity (Wildman–Crippen MR) is 400 cm³/mol. The largest absolute Gasteiger partial charge is 0.472 e. The van der Waals surface area contributed by atoms with E-state index in [9.17, 15) is 43.2 Å². The van der Waals surface area contributed by atoms with Crippen LogP contribution in [0.5, 0.6) is 0 Å². The Balaban J connectivity index is 5.22. The van der Waals surface area contributed by atoms with E-state index in [0.29, 0.717) is 31.6 Å². The van der Waals surface area contributed by atoms with Crippen LogP contribution in [0.15, 0.2) is 0 Å². The van der Waals surface area contributed by atoms with Crippen molar-refractivity contribution < 1.29 is 80.2 Å². The minimum Gasteiger partial charge on any atom is -0.462 e. The van der Waals surface area contributed by atoms with E-state index in [2.05, 4.69) is 34.6 Å². The van der Waals surface area contributed by atoms with Crippen LogP contribution >= 0.6 is 15.6 Å². The lowest BCUT2D eigenvalue weighted by molar-refractivity contribution is -0.161. The highest BCUT2D eigenvalue weighted by Crippen LogP contribution is 2.45. The summed E-state index contributed by atoms with van der Waals surface area (Å²) in [5, 5.41) is 10.6. The smallest absolute Gasteiger partial charge is 0.462 e. The van der Waals surface area contributed by atoms with E-state index in [1.807, 2.05) is 0 Å². The van der Waals surface area contributed by atoms with Crippen molar-refractivity contribution in [3.63, 3.8) is 0 Å². The first kappa shape index (κ1) is 96.1. The van der Waals surface area contributed by atoms with E-state index in [1.54, 1.807) is 0 Å². The summed E-state index contributed by atoms with van der Waals surface area (Å²) in [4.78, 5) is 72.9. The molecular weight excluding hydrogens is 1280 g/mol. The zero-order chi connectivity index (χ0) is 71.9. The molecule has 0 spiro atoms. The first-order valence-electron chi connectivity index (χ1n) is 41.1. The van der Waals surface area contributed by atoms with Crippen molar-refractivity contribution in [3.8, 4) is 0 Å². The third kappa shape index (κ3) is 72.4. The third-order valence-electron chi connectivity index (χ3n) is 18.5. The van der Waals surface area contributed by atoms with E-state index in [0.717, 1.165) is 96.3 Å². The number of hydrogen-bond donors (Lipinski definition) is 3. The van der Waals surface area contributed by atoms with Crippen LogP contribution in [0.2, 0.25) is 0 Å². The molecule has 0 aromatic rings. The van der Waals surface area contributed by atoms with Crippen molar-refractivity contribution in [1.82, 2.24) is 0 Å². The Hall–Kier alpha value is -1.94. The van der Waals surface area contributed by atoms with Crippen LogP contribution in [0, 0.1) is 5.92 Å². The molecule has 0 radical (unpaired) electrons. The van der Waals surface area contributed by atoms with Crippen molar-refractivity contribution in [2.75, 3.05) is 39.6 Å². The fourth-order valence-corrected chi connectivity index (χ4v) is 13.8. The van der Waals surface area contributed by atoms with E-state index >= 15 is 0 Å². The highest BCUT2D eigenvalue weighted by Gasteiger charge is 2.30. The normalized spacial score (nSPS) is 13.9. The molecule has 0 aliphatic carbocycles. The number of aliphatic hydroxyl groups is 1. The van der Waals surface area contributed by atoms with Gasteiger partial charge in [-0.2, -0.15) is 0 Å². The SMILES string of the molecule is CCCCCCCCCCCCCCCCCCCCCC(=O)O[C@H](COC(=O)CCCCCCCCCCCCCCCCC)COP(=O)(O)OC[C@@H](O)COP(=O)(O)OC[C@@H](COC(=O)CCCCCCCCC(C)C)OC(=O)CCCCCCCCCCCCCCCCC. The second-order valence-corrected chi connectivity index (χ2v) is 31.8. The zero-order valence-corrected chi connectivity index (χ0v) is 65.7. The van der Waals surface area contributed by atoms with Crippen molar-refractivity contribution in [2.45, 2.75) is 438 Å². The minimum atomic E-state index is -4.96. The lowest BCUT2D eigenvalue weighted by atomic mass is 10.0. The highest BCUT2D eigenvalue weighted by atomic mass is 31.2. The molecule has 0 saturated carbocycles. The van der Waals surface area contributed by atoms with Gasteiger partial charge in [0.15, 0.2) is 12.2 Å². The summed E-state index contributed by atoms with van der Waals surface area (Å²) < 4.78 is 68.6. The molecule has 0 aromatic carbocycles. The molecule has 0 aromatic heterocycles. The van der Waals surface area contributed by atoms with Gasteiger partial charge in [0, 0.05) is 25.7 Å². The number of phosphoric ester groups is 2. The molecule has 0 amide bonds. The lowest BCUT2D eigenvalue weighted by Gasteiger charge is -2.21. The standard InChI is InChI=1S/C79H154O17P2/c1-6-9-12-15-18-21-24-27-30-31-32-33-36-39-42-45-48-55-60-64-78(83)95-74(68-89-76(81)62-57-52-46-43-40-37-34-28-25-22-19-16-13-10-7-2)70-93-97(85,86)91-66-73(80)67-92-98(87,88)94-71-75(69-90-77(82)63-58-53-50-49-51-56-61-72(4)5)96-79(84)65-59-54-47-44-41-38-35-29-26-23-20-17-14-11-8-3/h72-75,80H,6-71H2,1-5H3,(H,85,86)(H,87,88)/t73-,74-,75-/m1/s1. The molecule has 0 rings (SSSR count). The molecule has 2 unspecified atom stereocenters. The number of carbonyl (C=O) groups excluding carboxylic acids is 4. The molecule has 3 N–H and O–H groups in total. The number of hydrogen-bond acceptors (Lipinski definition) is 15. The maximum absolute atomic E-state index is 13.1. The Morgan fingerprint density at radius 1 is 0.276 bits per heavy atom. The van der Waals surface area contributed by atoms with Crippen LogP contribution in [-0.4, -0.2) is 96.7 Å². The third-order valence-corrected chi connectivity index (χ3v) is 20.4. The van der Waals surface area contributed by atoms with Crippen molar-refractivity contribution in [2.24, 2.45) is 5.92 Å². The van der Waals surface area contributed by atoms with Gasteiger partial charge < -0.3 is 33.8 Å². The van der Waals surface area contributed by atoms with Gasteiger partial charge in [0.05, 0.1) is 26.4 Å². The number of rotatable bonds is 79. The molecule has 0 aliphatic heterocycles. The molecule has 0 aliphatic rings. The average molecular weight is 1440 g/mol. The number of carbonyl (C=O) groups is 4. The molecule has 0 bridgehead atoms. The molecule has 98 heavy (non-hydrogen) atoms. The maximum Gasteiger partial charge on any atom is 0.472 e. The van der Waals surface area contributed by atoms with Gasteiger partial charge >= 0.3 is 39.5 Å². The van der Waals surface area contributed by atoms with E-state index in [-0.39, 0.29) is 25.7 Å². The topological polar surface area (TPSA) is 237 Å². The van der Waals surface area contributed by atoms with Gasteiger partial charge in [-0.15, -0.1) is 0 Å². The summed E-state index contributed by atoms with van der Waals surface area (Å²) in [7, 11) is -9.91. The summed E-state index contributed by atoms with van der Waals surface area (Å²) in [6.07, 6.45) is 62.6. The van der Waals surface area contributed by atoms with Gasteiger partial charge in [-0.25, -0.2) is 9.13 Å². The number of phosphoric acid groups is 2. The Morgan fingerprint density at radius 2 is 0.469 bits per heavy atom. The molecule has 5 atom stereocenters. The van der Waals surface area contributed by atoms with Gasteiger partial charge in [0.2, 0.25) is 0 Å². The number of aliphatic hydroxyl groups excluding tert-OH is 1. The summed E-state index contributed by atoms with van der Waals surface area (Å²) in [5.74, 6) is -1.43. The van der Waals surface area contributed by atoms with Crippen LogP contribution < -0.4 is 0 Å². The van der Waals surface area contributed by atoms with Crippen molar-refractivity contribution >= 4 is 39.5 Å². The molecule has 0 fully saturated rings. The lowest BCUT2D eigenvalue weighted by Crippen LogP contribution is -2.30. The van der Waals surface area contributed by atoms with E-state index in [1.165, 1.54) is 238 Å². The van der Waals surface area contributed by atoms with Gasteiger partial charge in [-0.05, 0) is 31.6 Å². The maximum atomic E-state index is 13.1. The average Bonchev–Trinajstić information content (AvgIpc) is 2.25. The zero-order valence-electron chi connectivity index (χ0n) is 63.9. The van der Waals surface area contributed by atoms with Crippen LogP contribution in [0.3, 0.4) is 0 Å². The fourth-order valence-electron chi connectivity index (χ4n) is 12.2. The Morgan fingerprint density at radius 3 is 0.694 bits per heavy atom. The van der Waals surface area contributed by atoms with Gasteiger partial charge in [-0.3, -0.25) is 37.3 Å². The molecule has 0 saturated heterocycles.